The highest BCUT2D eigenvalue weighted by molar-refractivity contribution is 6.42. The van der Waals surface area contributed by atoms with Gasteiger partial charge in [0.1, 0.15) is 0 Å². The smallest absolute Gasteiger partial charge is 0.327 e. The van der Waals surface area contributed by atoms with Crippen LogP contribution in [0, 0.1) is 5.92 Å². The van der Waals surface area contributed by atoms with Crippen molar-refractivity contribution >= 4 is 51.9 Å². The SMILES string of the molecule is C[C@H](NC(=O)CCC=CC(=O)O)[C@H](C=Cc1ccc2ccccc2c1)Cc1ccc(Cl)c(Cl)c1. The first kappa shape index (κ1) is 25.5. The van der Waals surface area contributed by atoms with Crippen LogP contribution in [0.25, 0.3) is 16.8 Å². The van der Waals surface area contributed by atoms with Crippen molar-refractivity contribution in [1.82, 2.24) is 5.32 Å². The third-order valence-electron chi connectivity index (χ3n) is 5.59. The van der Waals surface area contributed by atoms with Crippen LogP contribution in [-0.4, -0.2) is 23.0 Å². The Morgan fingerprint density at radius 2 is 1.76 bits per heavy atom. The van der Waals surface area contributed by atoms with Gasteiger partial charge in [-0.2, -0.15) is 0 Å². The van der Waals surface area contributed by atoms with Crippen LogP contribution >= 0.6 is 23.2 Å². The number of aliphatic carboxylic acids is 1. The summed E-state index contributed by atoms with van der Waals surface area (Å²) in [4.78, 5) is 23.0. The van der Waals surface area contributed by atoms with Gasteiger partial charge in [-0.25, -0.2) is 4.79 Å². The number of carboxylic acid groups (broad SMARTS) is 1. The van der Waals surface area contributed by atoms with E-state index in [0.717, 1.165) is 17.2 Å². The molecule has 0 heterocycles. The summed E-state index contributed by atoms with van der Waals surface area (Å²) in [6, 6.07) is 19.9. The van der Waals surface area contributed by atoms with Crippen LogP contribution in [0.3, 0.4) is 0 Å². The van der Waals surface area contributed by atoms with E-state index in [4.69, 9.17) is 28.3 Å². The zero-order valence-electron chi connectivity index (χ0n) is 18.9. The molecule has 2 N–H and O–H groups in total. The van der Waals surface area contributed by atoms with Crippen molar-refractivity contribution in [2.45, 2.75) is 32.2 Å². The van der Waals surface area contributed by atoms with Crippen molar-refractivity contribution in [3.63, 3.8) is 0 Å². The lowest BCUT2D eigenvalue weighted by molar-refractivity contribution is -0.131. The zero-order chi connectivity index (χ0) is 24.5. The second-order valence-electron chi connectivity index (χ2n) is 8.22. The van der Waals surface area contributed by atoms with E-state index in [9.17, 15) is 9.59 Å². The van der Waals surface area contributed by atoms with Gasteiger partial charge in [0.05, 0.1) is 10.0 Å². The largest absolute Gasteiger partial charge is 0.478 e. The Hall–Kier alpha value is -3.08. The molecule has 0 aliphatic carbocycles. The van der Waals surface area contributed by atoms with Crippen LogP contribution in [0.15, 0.2) is 78.9 Å². The van der Waals surface area contributed by atoms with Gasteiger partial charge >= 0.3 is 5.97 Å². The molecule has 0 aliphatic rings. The lowest BCUT2D eigenvalue weighted by Gasteiger charge is -2.23. The number of fused-ring (bicyclic) bond motifs is 1. The van der Waals surface area contributed by atoms with Crippen LogP contribution in [0.1, 0.15) is 30.9 Å². The van der Waals surface area contributed by atoms with Crippen LogP contribution in [0.2, 0.25) is 10.0 Å². The molecule has 2 atom stereocenters. The fourth-order valence-corrected chi connectivity index (χ4v) is 4.05. The monoisotopic (exact) mass is 495 g/mol. The zero-order valence-corrected chi connectivity index (χ0v) is 20.4. The van der Waals surface area contributed by atoms with Crippen molar-refractivity contribution in [2.75, 3.05) is 0 Å². The van der Waals surface area contributed by atoms with Gasteiger partial charge in [0.25, 0.3) is 0 Å². The number of halogens is 2. The maximum absolute atomic E-state index is 12.4. The van der Waals surface area contributed by atoms with E-state index < -0.39 is 5.97 Å². The molecule has 0 aliphatic heterocycles. The molecule has 0 spiro atoms. The quantitative estimate of drug-likeness (QED) is 0.299. The molecule has 0 saturated carbocycles. The van der Waals surface area contributed by atoms with Crippen LogP contribution < -0.4 is 5.32 Å². The van der Waals surface area contributed by atoms with E-state index in [2.05, 4.69) is 47.8 Å². The molecule has 176 valence electrons. The highest BCUT2D eigenvalue weighted by atomic mass is 35.5. The standard InChI is InChI=1S/C28H27Cl2NO3/c1-19(31-27(32)8-4-5-9-28(33)34)23(17-21-12-15-25(29)26(30)18-21)14-11-20-10-13-22-6-2-3-7-24(22)16-20/h2-3,5-7,9-16,18-19,23H,4,8,17H2,1H3,(H,31,32)(H,33,34)/t19-,23+/m0/s1. The van der Waals surface area contributed by atoms with E-state index in [0.29, 0.717) is 22.9 Å². The molecule has 1 amide bonds. The second-order valence-corrected chi connectivity index (χ2v) is 9.03. The summed E-state index contributed by atoms with van der Waals surface area (Å²) in [6.07, 6.45) is 7.99. The Labute approximate surface area is 209 Å². The average Bonchev–Trinajstić information content (AvgIpc) is 2.81. The number of hydrogen-bond donors (Lipinski definition) is 2. The number of rotatable bonds is 10. The van der Waals surface area contributed by atoms with Crippen LogP contribution in [0.4, 0.5) is 0 Å². The Kier molecular flexibility index (Phi) is 9.32. The van der Waals surface area contributed by atoms with Crippen molar-refractivity contribution < 1.29 is 14.7 Å². The summed E-state index contributed by atoms with van der Waals surface area (Å²) in [7, 11) is 0. The number of hydrogen-bond acceptors (Lipinski definition) is 2. The van der Waals surface area contributed by atoms with E-state index >= 15 is 0 Å². The molecule has 0 saturated heterocycles. The summed E-state index contributed by atoms with van der Waals surface area (Å²) in [5.74, 6) is -1.14. The molecule has 3 aromatic carbocycles. The minimum atomic E-state index is -1.02. The molecule has 3 rings (SSSR count). The summed E-state index contributed by atoms with van der Waals surface area (Å²) in [5, 5.41) is 15.1. The number of carbonyl (C=O) groups is 2. The summed E-state index contributed by atoms with van der Waals surface area (Å²) < 4.78 is 0. The molecule has 0 fully saturated rings. The molecule has 0 radical (unpaired) electrons. The summed E-state index contributed by atoms with van der Waals surface area (Å²) in [5.41, 5.74) is 2.10. The number of allylic oxidation sites excluding steroid dienone is 1. The number of nitrogens with one attached hydrogen (secondary N) is 1. The first-order chi connectivity index (χ1) is 16.3. The first-order valence-corrected chi connectivity index (χ1v) is 11.9. The van der Waals surface area contributed by atoms with E-state index in [-0.39, 0.29) is 24.3 Å². The Morgan fingerprint density at radius 1 is 1.00 bits per heavy atom. The molecule has 0 aromatic heterocycles. The highest BCUT2D eigenvalue weighted by Crippen LogP contribution is 2.25. The molecular formula is C28H27Cl2NO3. The van der Waals surface area contributed by atoms with Crippen molar-refractivity contribution in [1.29, 1.82) is 0 Å². The topological polar surface area (TPSA) is 66.4 Å². The lowest BCUT2D eigenvalue weighted by atomic mass is 9.91. The molecule has 0 unspecified atom stereocenters. The van der Waals surface area contributed by atoms with Gasteiger partial charge in [0.2, 0.25) is 5.91 Å². The summed E-state index contributed by atoms with van der Waals surface area (Å²) in [6.45, 7) is 1.97. The van der Waals surface area contributed by atoms with Crippen LogP contribution in [0.5, 0.6) is 0 Å². The maximum Gasteiger partial charge on any atom is 0.327 e. The molecule has 6 heteroatoms. The average molecular weight is 496 g/mol. The fourth-order valence-electron chi connectivity index (χ4n) is 3.73. The first-order valence-electron chi connectivity index (χ1n) is 11.1. The predicted octanol–water partition coefficient (Wildman–Crippen LogP) is 6.94. The third kappa shape index (κ3) is 7.75. The second kappa shape index (κ2) is 12.4. The minimum absolute atomic E-state index is 0.00206. The third-order valence-corrected chi connectivity index (χ3v) is 6.33. The van der Waals surface area contributed by atoms with Crippen molar-refractivity contribution in [2.24, 2.45) is 5.92 Å². The normalized spacial score (nSPS) is 13.4. The minimum Gasteiger partial charge on any atom is -0.478 e. The fraction of sp³-hybridized carbons (Fsp3) is 0.214. The molecular weight excluding hydrogens is 469 g/mol. The number of carboxylic acids is 1. The summed E-state index contributed by atoms with van der Waals surface area (Å²) >= 11 is 12.3. The molecule has 34 heavy (non-hydrogen) atoms. The Morgan fingerprint density at radius 3 is 2.50 bits per heavy atom. The van der Waals surface area contributed by atoms with E-state index in [1.54, 1.807) is 6.07 Å². The van der Waals surface area contributed by atoms with Gasteiger partial charge in [-0.05, 0) is 59.9 Å². The number of amides is 1. The molecule has 0 bridgehead atoms. The van der Waals surface area contributed by atoms with Crippen LogP contribution in [-0.2, 0) is 16.0 Å². The van der Waals surface area contributed by atoms with Crippen molar-refractivity contribution in [3.8, 4) is 0 Å². The van der Waals surface area contributed by atoms with Gasteiger partial charge in [-0.3, -0.25) is 4.79 Å². The van der Waals surface area contributed by atoms with Gasteiger partial charge in [-0.1, -0.05) is 83.9 Å². The van der Waals surface area contributed by atoms with Gasteiger partial charge in [0, 0.05) is 24.5 Å². The highest BCUT2D eigenvalue weighted by Gasteiger charge is 2.18. The predicted molar refractivity (Wildman–Crippen MR) is 140 cm³/mol. The van der Waals surface area contributed by atoms with E-state index in [1.165, 1.54) is 16.8 Å². The Bertz CT molecular complexity index is 1220. The number of carbonyl (C=O) groups excluding carboxylic acids is 1. The maximum atomic E-state index is 12.4. The van der Waals surface area contributed by atoms with Gasteiger partial charge < -0.3 is 10.4 Å². The Balaban J connectivity index is 1.76. The van der Waals surface area contributed by atoms with Gasteiger partial charge in [0.15, 0.2) is 0 Å². The van der Waals surface area contributed by atoms with E-state index in [1.807, 2.05) is 31.2 Å². The molecule has 3 aromatic rings. The van der Waals surface area contributed by atoms with Gasteiger partial charge in [-0.15, -0.1) is 0 Å². The van der Waals surface area contributed by atoms with Crippen molar-refractivity contribution in [3.05, 3.63) is 100 Å². The molecule has 4 nitrogen and oxygen atoms in total. The number of benzene rings is 3. The lowest BCUT2D eigenvalue weighted by Crippen LogP contribution is -2.38.